The molecule has 3 nitrogen and oxygen atoms in total. The summed E-state index contributed by atoms with van der Waals surface area (Å²) < 4.78 is 22.7. The molecule has 0 radical (unpaired) electrons. The van der Waals surface area contributed by atoms with Crippen LogP contribution in [0.25, 0.3) is 0 Å². The predicted molar refractivity (Wildman–Crippen MR) is 73.2 cm³/mol. The van der Waals surface area contributed by atoms with E-state index in [9.17, 15) is 8.42 Å². The van der Waals surface area contributed by atoms with Gasteiger partial charge in [-0.25, -0.2) is 8.42 Å². The van der Waals surface area contributed by atoms with Crippen LogP contribution in [0.4, 0.5) is 0 Å². The van der Waals surface area contributed by atoms with Crippen molar-refractivity contribution < 1.29 is 8.42 Å². The van der Waals surface area contributed by atoms with Crippen molar-refractivity contribution >= 4 is 9.84 Å². The van der Waals surface area contributed by atoms with Crippen molar-refractivity contribution in [2.24, 2.45) is 11.7 Å². The Hall–Kier alpha value is -0.870. The van der Waals surface area contributed by atoms with Crippen LogP contribution in [0.5, 0.6) is 0 Å². The summed E-state index contributed by atoms with van der Waals surface area (Å²) in [6.45, 7) is 0. The number of nitrogens with two attached hydrogens (primary N) is 1. The van der Waals surface area contributed by atoms with Crippen LogP contribution < -0.4 is 5.73 Å². The lowest BCUT2D eigenvalue weighted by atomic mass is 9.83. The summed E-state index contributed by atoms with van der Waals surface area (Å²) in [5.41, 5.74) is 7.12. The van der Waals surface area contributed by atoms with E-state index in [2.05, 4.69) is 0 Å². The zero-order chi connectivity index (χ0) is 13.2. The molecule has 0 bridgehead atoms. The van der Waals surface area contributed by atoms with E-state index in [0.29, 0.717) is 16.9 Å². The van der Waals surface area contributed by atoms with Crippen LogP contribution >= 0.6 is 0 Å². The highest BCUT2D eigenvalue weighted by Crippen LogP contribution is 2.26. The van der Waals surface area contributed by atoms with Gasteiger partial charge in [-0.1, -0.05) is 12.1 Å². The van der Waals surface area contributed by atoms with Gasteiger partial charge in [0.2, 0.25) is 0 Å². The normalized spacial score (nSPS) is 25.0. The Morgan fingerprint density at radius 2 is 1.67 bits per heavy atom. The van der Waals surface area contributed by atoms with E-state index in [1.807, 2.05) is 12.1 Å². The molecule has 0 unspecified atom stereocenters. The molecule has 0 aromatic heterocycles. The number of rotatable bonds is 3. The molecule has 2 N–H and O–H groups in total. The van der Waals surface area contributed by atoms with E-state index >= 15 is 0 Å². The van der Waals surface area contributed by atoms with Gasteiger partial charge in [-0.05, 0) is 55.7 Å². The molecule has 0 heterocycles. The van der Waals surface area contributed by atoms with Gasteiger partial charge in [0, 0.05) is 12.3 Å². The van der Waals surface area contributed by atoms with Crippen molar-refractivity contribution in [2.45, 2.75) is 43.0 Å². The van der Waals surface area contributed by atoms with Gasteiger partial charge in [-0.2, -0.15) is 0 Å². The highest BCUT2D eigenvalue weighted by Gasteiger charge is 2.18. The first-order valence-electron chi connectivity index (χ1n) is 6.50. The molecule has 0 atom stereocenters. The topological polar surface area (TPSA) is 60.2 Å². The third-order valence-electron chi connectivity index (χ3n) is 3.77. The molecule has 0 aliphatic heterocycles. The minimum Gasteiger partial charge on any atom is -0.328 e. The SMILES string of the molecule is CS(=O)(=O)c1ccc(CC2CCC(N)CC2)cc1. The van der Waals surface area contributed by atoms with E-state index in [0.717, 1.165) is 19.3 Å². The maximum absolute atomic E-state index is 11.4. The highest BCUT2D eigenvalue weighted by atomic mass is 32.2. The summed E-state index contributed by atoms with van der Waals surface area (Å²) in [5.74, 6) is 0.703. The molecule has 1 aliphatic carbocycles. The van der Waals surface area contributed by atoms with Crippen molar-refractivity contribution in [3.05, 3.63) is 29.8 Å². The maximum Gasteiger partial charge on any atom is 0.175 e. The van der Waals surface area contributed by atoms with Crippen molar-refractivity contribution in [3.63, 3.8) is 0 Å². The largest absolute Gasteiger partial charge is 0.328 e. The van der Waals surface area contributed by atoms with Gasteiger partial charge >= 0.3 is 0 Å². The van der Waals surface area contributed by atoms with E-state index in [4.69, 9.17) is 5.73 Å². The zero-order valence-electron chi connectivity index (χ0n) is 10.8. The molecule has 1 fully saturated rings. The third kappa shape index (κ3) is 3.56. The Morgan fingerprint density at radius 1 is 1.11 bits per heavy atom. The van der Waals surface area contributed by atoms with E-state index < -0.39 is 9.84 Å². The first-order valence-corrected chi connectivity index (χ1v) is 8.39. The average Bonchev–Trinajstić information content (AvgIpc) is 2.32. The minimum atomic E-state index is -3.08. The summed E-state index contributed by atoms with van der Waals surface area (Å²) in [4.78, 5) is 0.400. The molecule has 18 heavy (non-hydrogen) atoms. The van der Waals surface area contributed by atoms with Gasteiger partial charge in [0.1, 0.15) is 0 Å². The molecule has 1 saturated carbocycles. The quantitative estimate of drug-likeness (QED) is 0.913. The van der Waals surface area contributed by atoms with Gasteiger partial charge in [0.05, 0.1) is 4.90 Å². The van der Waals surface area contributed by atoms with Gasteiger partial charge in [0.25, 0.3) is 0 Å². The lowest BCUT2D eigenvalue weighted by molar-refractivity contribution is 0.325. The Balaban J connectivity index is 1.98. The van der Waals surface area contributed by atoms with Crippen LogP contribution in [-0.2, 0) is 16.3 Å². The zero-order valence-corrected chi connectivity index (χ0v) is 11.6. The summed E-state index contributed by atoms with van der Waals surface area (Å²) in [6, 6.07) is 7.67. The Morgan fingerprint density at radius 3 is 2.17 bits per heavy atom. The molecule has 1 aromatic rings. The molecule has 1 aliphatic rings. The molecular formula is C14H21NO2S. The first kappa shape index (κ1) is 13.6. The van der Waals surface area contributed by atoms with Gasteiger partial charge in [-0.3, -0.25) is 0 Å². The summed E-state index contributed by atoms with van der Waals surface area (Å²) in [6.07, 6.45) is 6.89. The summed E-state index contributed by atoms with van der Waals surface area (Å²) >= 11 is 0. The maximum atomic E-state index is 11.4. The van der Waals surface area contributed by atoms with Crippen LogP contribution in [-0.4, -0.2) is 20.7 Å². The van der Waals surface area contributed by atoms with Crippen molar-refractivity contribution in [1.82, 2.24) is 0 Å². The second-order valence-electron chi connectivity index (χ2n) is 5.40. The van der Waals surface area contributed by atoms with Crippen molar-refractivity contribution in [1.29, 1.82) is 0 Å². The first-order chi connectivity index (χ1) is 8.45. The Kier molecular flexibility index (Phi) is 4.07. The number of hydrogen-bond donors (Lipinski definition) is 1. The predicted octanol–water partition coefficient (Wildman–Crippen LogP) is 2.15. The van der Waals surface area contributed by atoms with E-state index in [-0.39, 0.29) is 0 Å². The molecule has 2 rings (SSSR count). The van der Waals surface area contributed by atoms with Gasteiger partial charge in [0.15, 0.2) is 9.84 Å². The van der Waals surface area contributed by atoms with E-state index in [1.54, 1.807) is 12.1 Å². The molecule has 4 heteroatoms. The molecule has 0 spiro atoms. The fourth-order valence-corrected chi connectivity index (χ4v) is 3.23. The van der Waals surface area contributed by atoms with Crippen LogP contribution in [0, 0.1) is 5.92 Å². The second-order valence-corrected chi connectivity index (χ2v) is 7.42. The number of hydrogen-bond acceptors (Lipinski definition) is 3. The average molecular weight is 267 g/mol. The van der Waals surface area contributed by atoms with Crippen LogP contribution in [0.1, 0.15) is 31.2 Å². The fourth-order valence-electron chi connectivity index (χ4n) is 2.60. The summed E-state index contributed by atoms with van der Waals surface area (Å²) in [7, 11) is -3.08. The van der Waals surface area contributed by atoms with E-state index in [1.165, 1.54) is 24.7 Å². The monoisotopic (exact) mass is 267 g/mol. The smallest absolute Gasteiger partial charge is 0.175 e. The van der Waals surface area contributed by atoms with Crippen LogP contribution in [0.15, 0.2) is 29.2 Å². The lowest BCUT2D eigenvalue weighted by Crippen LogP contribution is -2.27. The van der Waals surface area contributed by atoms with Crippen molar-refractivity contribution in [3.8, 4) is 0 Å². The Labute approximate surface area is 109 Å². The lowest BCUT2D eigenvalue weighted by Gasteiger charge is -2.26. The Bertz CT molecular complexity index is 485. The van der Waals surface area contributed by atoms with Gasteiger partial charge in [-0.15, -0.1) is 0 Å². The molecule has 1 aromatic carbocycles. The van der Waals surface area contributed by atoms with Gasteiger partial charge < -0.3 is 5.73 Å². The standard InChI is InChI=1S/C14H21NO2S/c1-18(16,17)14-8-4-12(5-9-14)10-11-2-6-13(15)7-3-11/h4-5,8-9,11,13H,2-3,6-7,10,15H2,1H3. The minimum absolute atomic E-state index is 0.383. The summed E-state index contributed by atoms with van der Waals surface area (Å²) in [5, 5.41) is 0. The van der Waals surface area contributed by atoms with Crippen LogP contribution in [0.2, 0.25) is 0 Å². The van der Waals surface area contributed by atoms with Crippen LogP contribution in [0.3, 0.4) is 0 Å². The second kappa shape index (κ2) is 5.41. The molecule has 0 saturated heterocycles. The fraction of sp³-hybridized carbons (Fsp3) is 0.571. The number of benzene rings is 1. The molecular weight excluding hydrogens is 246 g/mol. The highest BCUT2D eigenvalue weighted by molar-refractivity contribution is 7.90. The number of sulfone groups is 1. The third-order valence-corrected chi connectivity index (χ3v) is 4.90. The van der Waals surface area contributed by atoms with Crippen molar-refractivity contribution in [2.75, 3.05) is 6.26 Å². The molecule has 0 amide bonds. The molecule has 100 valence electrons.